The molecule has 2 unspecified atom stereocenters. The van der Waals surface area contributed by atoms with Crippen LogP contribution in [-0.2, 0) is 4.79 Å². The Morgan fingerprint density at radius 2 is 1.63 bits per heavy atom. The average molecular weight is 264 g/mol. The Balaban J connectivity index is 2.52. The molecule has 100 valence electrons. The highest BCUT2D eigenvalue weighted by Gasteiger charge is 2.32. The molecule has 1 aromatic rings. The minimum atomic E-state index is -1.29. The van der Waals surface area contributed by atoms with Gasteiger partial charge in [-0.2, -0.15) is 0 Å². The van der Waals surface area contributed by atoms with Crippen molar-refractivity contribution in [1.29, 1.82) is 0 Å². The van der Waals surface area contributed by atoms with Crippen LogP contribution in [0.2, 0.25) is 0 Å². The van der Waals surface area contributed by atoms with Crippen molar-refractivity contribution in [3.63, 3.8) is 0 Å². The maximum absolute atomic E-state index is 10.6. The van der Waals surface area contributed by atoms with Gasteiger partial charge in [-0.1, -0.05) is 0 Å². The number of aliphatic hydroxyl groups excluding tert-OH is 2. The Bertz CT molecular complexity index is 564. The quantitative estimate of drug-likeness (QED) is 0.505. The van der Waals surface area contributed by atoms with Crippen LogP contribution in [0.3, 0.4) is 0 Å². The first kappa shape index (κ1) is 13.0. The highest BCUT2D eigenvalue weighted by atomic mass is 16.3. The summed E-state index contributed by atoms with van der Waals surface area (Å²) >= 11 is 0. The summed E-state index contributed by atoms with van der Waals surface area (Å²) in [5.74, 6) is -2.76. The van der Waals surface area contributed by atoms with Crippen LogP contribution in [0.4, 0.5) is 0 Å². The van der Waals surface area contributed by atoms with E-state index in [1.54, 1.807) is 0 Å². The van der Waals surface area contributed by atoms with E-state index in [4.69, 9.17) is 0 Å². The number of aromatic hydroxyl groups is 3. The molecule has 0 saturated carbocycles. The van der Waals surface area contributed by atoms with Gasteiger partial charge in [0.15, 0.2) is 0 Å². The highest BCUT2D eigenvalue weighted by molar-refractivity contribution is 5.79. The molecule has 6 nitrogen and oxygen atoms in total. The maximum atomic E-state index is 10.6. The number of rotatable bonds is 2. The molecular weight excluding hydrogens is 252 g/mol. The molecule has 0 fully saturated rings. The molecule has 0 amide bonds. The van der Waals surface area contributed by atoms with Crippen molar-refractivity contribution >= 4 is 6.29 Å². The van der Waals surface area contributed by atoms with Gasteiger partial charge in [-0.25, -0.2) is 0 Å². The molecule has 0 spiro atoms. The lowest BCUT2D eigenvalue weighted by Crippen LogP contribution is -2.22. The van der Waals surface area contributed by atoms with Gasteiger partial charge >= 0.3 is 0 Å². The predicted molar refractivity (Wildman–Crippen MR) is 65.0 cm³/mol. The Kier molecular flexibility index (Phi) is 3.18. The summed E-state index contributed by atoms with van der Waals surface area (Å²) in [5, 5.41) is 48.4. The van der Waals surface area contributed by atoms with Gasteiger partial charge in [-0.3, -0.25) is 4.79 Å². The minimum Gasteiger partial charge on any atom is -0.512 e. The van der Waals surface area contributed by atoms with Crippen LogP contribution in [0.1, 0.15) is 11.5 Å². The minimum absolute atomic E-state index is 0.0963. The third-order valence-electron chi connectivity index (χ3n) is 2.91. The first-order chi connectivity index (χ1) is 8.93. The topological polar surface area (TPSA) is 118 Å². The Morgan fingerprint density at radius 3 is 2.11 bits per heavy atom. The SMILES string of the molecule is O=CC1=CC(O)C(c2c(O)cc(O)cc2O)C(O)=C1. The Morgan fingerprint density at radius 1 is 1.05 bits per heavy atom. The van der Waals surface area contributed by atoms with Crippen LogP contribution in [0.25, 0.3) is 0 Å². The normalized spacial score (nSPS) is 22.6. The van der Waals surface area contributed by atoms with E-state index in [0.717, 1.165) is 18.2 Å². The summed E-state index contributed by atoms with van der Waals surface area (Å²) in [7, 11) is 0. The molecule has 1 aliphatic carbocycles. The van der Waals surface area contributed by atoms with Crippen LogP contribution in [0.15, 0.2) is 35.6 Å². The van der Waals surface area contributed by atoms with Crippen molar-refractivity contribution in [2.45, 2.75) is 12.0 Å². The van der Waals surface area contributed by atoms with Gasteiger partial charge < -0.3 is 25.5 Å². The number of aliphatic hydroxyl groups is 2. The number of hydrogen-bond acceptors (Lipinski definition) is 6. The predicted octanol–water partition coefficient (Wildman–Crippen LogP) is 0.829. The van der Waals surface area contributed by atoms with Gasteiger partial charge in [-0.15, -0.1) is 0 Å². The monoisotopic (exact) mass is 264 g/mol. The zero-order chi connectivity index (χ0) is 14.2. The molecule has 2 atom stereocenters. The number of hydrogen-bond donors (Lipinski definition) is 5. The van der Waals surface area contributed by atoms with Crippen molar-refractivity contribution in [3.8, 4) is 17.2 Å². The van der Waals surface area contributed by atoms with Crippen LogP contribution in [0.5, 0.6) is 17.2 Å². The summed E-state index contributed by atoms with van der Waals surface area (Å²) in [6.45, 7) is 0. The van der Waals surface area contributed by atoms with Gasteiger partial charge in [0.2, 0.25) is 0 Å². The molecule has 0 aromatic heterocycles. The molecule has 19 heavy (non-hydrogen) atoms. The van der Waals surface area contributed by atoms with Crippen molar-refractivity contribution < 1.29 is 30.3 Å². The fraction of sp³-hybridized carbons (Fsp3) is 0.154. The molecule has 1 aliphatic rings. The number of carbonyl (C=O) groups is 1. The van der Waals surface area contributed by atoms with E-state index in [-0.39, 0.29) is 22.6 Å². The molecule has 0 radical (unpaired) electrons. The molecule has 0 aliphatic heterocycles. The van der Waals surface area contributed by atoms with Gasteiger partial charge in [0.25, 0.3) is 0 Å². The van der Waals surface area contributed by atoms with Crippen LogP contribution in [0, 0.1) is 0 Å². The van der Waals surface area contributed by atoms with Crippen molar-refractivity contribution in [3.05, 3.63) is 41.2 Å². The van der Waals surface area contributed by atoms with Gasteiger partial charge in [0.05, 0.1) is 12.0 Å². The molecule has 6 heteroatoms. The summed E-state index contributed by atoms with van der Waals surface area (Å²) in [6, 6.07) is 1.96. The largest absolute Gasteiger partial charge is 0.512 e. The van der Waals surface area contributed by atoms with E-state index in [9.17, 15) is 30.3 Å². The lowest BCUT2D eigenvalue weighted by Gasteiger charge is -2.25. The zero-order valence-corrected chi connectivity index (χ0v) is 9.69. The average Bonchev–Trinajstić information content (AvgIpc) is 2.31. The molecular formula is C13H12O6. The van der Waals surface area contributed by atoms with Crippen LogP contribution >= 0.6 is 0 Å². The molecule has 1 aromatic carbocycles. The van der Waals surface area contributed by atoms with E-state index >= 15 is 0 Å². The second-order valence-electron chi connectivity index (χ2n) is 4.22. The lowest BCUT2D eigenvalue weighted by atomic mass is 9.85. The van der Waals surface area contributed by atoms with E-state index in [1.165, 1.54) is 6.08 Å². The smallest absolute Gasteiger partial charge is 0.149 e. The number of carbonyl (C=O) groups excluding carboxylic acids is 1. The highest BCUT2D eigenvalue weighted by Crippen LogP contribution is 2.43. The third kappa shape index (κ3) is 2.25. The second kappa shape index (κ2) is 4.66. The molecule has 2 rings (SSSR count). The first-order valence-electron chi connectivity index (χ1n) is 5.44. The summed E-state index contributed by atoms with van der Waals surface area (Å²) < 4.78 is 0. The van der Waals surface area contributed by atoms with Gasteiger partial charge in [-0.05, 0) is 12.2 Å². The number of phenolic OH excluding ortho intramolecular Hbond substituents is 3. The zero-order valence-electron chi connectivity index (χ0n) is 9.69. The van der Waals surface area contributed by atoms with E-state index < -0.39 is 23.5 Å². The van der Waals surface area contributed by atoms with E-state index in [1.807, 2.05) is 0 Å². The lowest BCUT2D eigenvalue weighted by molar-refractivity contribution is -0.104. The number of phenols is 3. The fourth-order valence-electron chi connectivity index (χ4n) is 2.10. The van der Waals surface area contributed by atoms with Gasteiger partial charge in [0.1, 0.15) is 29.3 Å². The van der Waals surface area contributed by atoms with Crippen molar-refractivity contribution in [2.75, 3.05) is 0 Å². The van der Waals surface area contributed by atoms with E-state index in [0.29, 0.717) is 6.29 Å². The Labute approximate surface area is 108 Å². The maximum Gasteiger partial charge on any atom is 0.149 e. The van der Waals surface area contributed by atoms with E-state index in [2.05, 4.69) is 0 Å². The second-order valence-corrected chi connectivity index (χ2v) is 4.22. The number of allylic oxidation sites excluding steroid dienone is 2. The van der Waals surface area contributed by atoms with Crippen molar-refractivity contribution in [1.82, 2.24) is 0 Å². The summed E-state index contributed by atoms with van der Waals surface area (Å²) in [6.07, 6.45) is 1.51. The van der Waals surface area contributed by atoms with Gasteiger partial charge in [0, 0.05) is 23.3 Å². The first-order valence-corrected chi connectivity index (χ1v) is 5.44. The molecule has 0 bridgehead atoms. The molecule has 5 N–H and O–H groups in total. The Hall–Kier alpha value is -2.47. The van der Waals surface area contributed by atoms with Crippen LogP contribution in [-0.4, -0.2) is 37.9 Å². The fourth-order valence-corrected chi connectivity index (χ4v) is 2.10. The molecule has 0 heterocycles. The number of aldehydes is 1. The molecule has 0 saturated heterocycles. The third-order valence-corrected chi connectivity index (χ3v) is 2.91. The van der Waals surface area contributed by atoms with Crippen LogP contribution < -0.4 is 0 Å². The standard InChI is InChI=1S/C13H12O6/c14-5-6-1-8(16)12(9(17)2-6)13-10(18)3-7(15)4-11(13)19/h1-5,8,12,15-19H. The van der Waals surface area contributed by atoms with Crippen molar-refractivity contribution in [2.24, 2.45) is 0 Å². The number of benzene rings is 1. The summed E-state index contributed by atoms with van der Waals surface area (Å²) in [4.78, 5) is 10.6. The summed E-state index contributed by atoms with van der Waals surface area (Å²) in [5.41, 5.74) is -0.0285.